The van der Waals surface area contributed by atoms with Crippen LogP contribution in [0.5, 0.6) is 0 Å². The van der Waals surface area contributed by atoms with Gasteiger partial charge in [-0.25, -0.2) is 9.97 Å². The molecule has 0 saturated heterocycles. The van der Waals surface area contributed by atoms with Crippen molar-refractivity contribution in [2.24, 2.45) is 0 Å². The normalized spacial score (nSPS) is 13.5. The third-order valence-corrected chi connectivity index (χ3v) is 11.5. The summed E-state index contributed by atoms with van der Waals surface area (Å²) in [5.41, 5.74) is 7.26. The van der Waals surface area contributed by atoms with Crippen LogP contribution in [0.4, 0.5) is 11.6 Å². The van der Waals surface area contributed by atoms with Crippen LogP contribution in [0.15, 0.2) is 170 Å². The molecule has 0 atom stereocenters. The number of thiophene rings is 1. The minimum Gasteiger partial charge on any atom is -0.344 e. The van der Waals surface area contributed by atoms with Crippen LogP contribution in [-0.2, 0) is 0 Å². The molecule has 0 N–H and O–H groups in total. The molecule has 0 fully saturated rings. The third kappa shape index (κ3) is 4.19. The van der Waals surface area contributed by atoms with Gasteiger partial charge in [0.15, 0.2) is 0 Å². The minimum absolute atomic E-state index is 0.0932. The lowest BCUT2D eigenvalue weighted by Gasteiger charge is -2.39. The number of hydrogen-bond donors (Lipinski definition) is 0. The first-order chi connectivity index (χ1) is 26.5. The van der Waals surface area contributed by atoms with E-state index in [0.717, 1.165) is 43.2 Å². The molecule has 3 nitrogen and oxygen atoms in total. The highest BCUT2D eigenvalue weighted by atomic mass is 32.1. The molecule has 0 aliphatic carbocycles. The lowest BCUT2D eigenvalue weighted by atomic mass is 9.45. The number of anilines is 2. The lowest BCUT2D eigenvalue weighted by molar-refractivity contribution is 1.16. The maximum Gasteiger partial charge on any atom is 0.332 e. The van der Waals surface area contributed by atoms with Gasteiger partial charge in [0.1, 0.15) is 0 Å². The van der Waals surface area contributed by atoms with Crippen molar-refractivity contribution >= 4 is 93.4 Å². The smallest absolute Gasteiger partial charge is 0.332 e. The summed E-state index contributed by atoms with van der Waals surface area (Å²) in [6.07, 6.45) is 0. The third-order valence-electron chi connectivity index (χ3n) is 10.3. The zero-order chi connectivity index (χ0) is 36.1. The molecule has 0 amide bonds. The largest absolute Gasteiger partial charge is 0.344 e. The van der Waals surface area contributed by atoms with E-state index in [4.69, 9.17) is 14.1 Å². The van der Waals surface area contributed by atoms with Gasteiger partial charge in [-0.05, 0) is 44.7 Å². The Morgan fingerprint density at radius 1 is 0.569 bits per heavy atom. The molecular formula is C46H28BN3S. The number of aromatic nitrogens is 2. The molecule has 11 rings (SSSR count). The van der Waals surface area contributed by atoms with Gasteiger partial charge in [0.25, 0.3) is 0 Å². The molecule has 0 bridgehead atoms. The SMILES string of the molecule is [2H]c1cc([2H])c(-c2nc(N3B(c4ccccc4)c4ccc5ccccc5c4-c4c3c3sc5ccccc5c3c3ccccc43)nc3ccccc23)c([2H])c1. The van der Waals surface area contributed by atoms with E-state index in [1.807, 2.05) is 24.3 Å². The van der Waals surface area contributed by atoms with E-state index < -0.39 is 0 Å². The van der Waals surface area contributed by atoms with E-state index in [-0.39, 0.29) is 25.0 Å². The fraction of sp³-hybridized carbons (Fsp3) is 0. The van der Waals surface area contributed by atoms with Crippen molar-refractivity contribution in [3.8, 4) is 22.4 Å². The number of nitrogens with zero attached hydrogens (tertiary/aromatic N) is 3. The van der Waals surface area contributed by atoms with Gasteiger partial charge in [-0.2, -0.15) is 0 Å². The van der Waals surface area contributed by atoms with Crippen LogP contribution in [-0.4, -0.2) is 16.8 Å². The van der Waals surface area contributed by atoms with Crippen LogP contribution >= 0.6 is 11.3 Å². The zero-order valence-corrected chi connectivity index (χ0v) is 28.1. The molecule has 236 valence electrons. The van der Waals surface area contributed by atoms with Crippen molar-refractivity contribution in [1.29, 1.82) is 0 Å². The van der Waals surface area contributed by atoms with E-state index >= 15 is 0 Å². The van der Waals surface area contributed by atoms with Crippen LogP contribution in [0.3, 0.4) is 0 Å². The second kappa shape index (κ2) is 11.1. The number of benzene rings is 8. The average molecular weight is 669 g/mol. The Kier molecular flexibility index (Phi) is 5.59. The molecule has 0 spiro atoms. The Morgan fingerprint density at radius 2 is 1.25 bits per heavy atom. The van der Waals surface area contributed by atoms with Gasteiger partial charge in [0, 0.05) is 32.0 Å². The first-order valence-electron chi connectivity index (χ1n) is 18.6. The molecule has 1 aliphatic heterocycles. The lowest BCUT2D eigenvalue weighted by Crippen LogP contribution is -2.58. The summed E-state index contributed by atoms with van der Waals surface area (Å²) in [5, 5.41) is 7.91. The van der Waals surface area contributed by atoms with Crippen LogP contribution < -0.4 is 15.7 Å². The predicted molar refractivity (Wildman–Crippen MR) is 218 cm³/mol. The van der Waals surface area contributed by atoms with Gasteiger partial charge in [-0.15, -0.1) is 11.3 Å². The van der Waals surface area contributed by atoms with Gasteiger partial charge >= 0.3 is 6.85 Å². The molecule has 51 heavy (non-hydrogen) atoms. The molecule has 10 aromatic rings. The predicted octanol–water partition coefficient (Wildman–Crippen LogP) is 10.9. The van der Waals surface area contributed by atoms with Crippen molar-refractivity contribution in [3.05, 3.63) is 170 Å². The fourth-order valence-corrected chi connectivity index (χ4v) is 9.44. The summed E-state index contributed by atoms with van der Waals surface area (Å²) in [6.45, 7) is -0.316. The summed E-state index contributed by atoms with van der Waals surface area (Å²) >= 11 is 1.80. The van der Waals surface area contributed by atoms with Gasteiger partial charge in [0.05, 0.1) is 25.7 Å². The minimum atomic E-state index is -0.316. The molecular weight excluding hydrogens is 637 g/mol. The summed E-state index contributed by atoms with van der Waals surface area (Å²) in [5.74, 6) is 0.486. The molecule has 5 heteroatoms. The van der Waals surface area contributed by atoms with Crippen LogP contribution in [0, 0.1) is 0 Å². The van der Waals surface area contributed by atoms with E-state index in [1.165, 1.54) is 49.3 Å². The van der Waals surface area contributed by atoms with Crippen molar-refractivity contribution in [2.75, 3.05) is 4.81 Å². The molecule has 1 aliphatic rings. The van der Waals surface area contributed by atoms with Gasteiger partial charge in [-0.3, -0.25) is 0 Å². The van der Waals surface area contributed by atoms with Crippen molar-refractivity contribution in [3.63, 3.8) is 0 Å². The van der Waals surface area contributed by atoms with Crippen LogP contribution in [0.25, 0.3) is 75.0 Å². The summed E-state index contributed by atoms with van der Waals surface area (Å²) in [7, 11) is 0. The van der Waals surface area contributed by atoms with Gasteiger partial charge in [0.2, 0.25) is 5.95 Å². The first-order valence-corrected chi connectivity index (χ1v) is 17.9. The average Bonchev–Trinajstić information content (AvgIpc) is 3.60. The highest BCUT2D eigenvalue weighted by Crippen LogP contribution is 2.54. The van der Waals surface area contributed by atoms with Crippen molar-refractivity contribution < 1.29 is 4.11 Å². The maximum atomic E-state index is 8.99. The molecule has 0 radical (unpaired) electrons. The number of para-hydroxylation sites is 1. The van der Waals surface area contributed by atoms with Gasteiger partial charge in [-0.1, -0.05) is 163 Å². The number of hydrogen-bond acceptors (Lipinski definition) is 4. The van der Waals surface area contributed by atoms with E-state index in [9.17, 15) is 0 Å². The van der Waals surface area contributed by atoms with Gasteiger partial charge < -0.3 is 4.81 Å². The van der Waals surface area contributed by atoms with Crippen molar-refractivity contribution in [2.45, 2.75) is 0 Å². The van der Waals surface area contributed by atoms with E-state index in [0.29, 0.717) is 17.2 Å². The Labute approximate surface area is 303 Å². The molecule has 0 unspecified atom stereocenters. The Morgan fingerprint density at radius 3 is 2.10 bits per heavy atom. The highest BCUT2D eigenvalue weighted by Gasteiger charge is 2.42. The first kappa shape index (κ1) is 25.6. The quantitative estimate of drug-likeness (QED) is 0.176. The zero-order valence-electron chi connectivity index (χ0n) is 30.3. The molecule has 2 aromatic heterocycles. The molecule has 8 aromatic carbocycles. The number of fused-ring (bicyclic) bond motifs is 13. The van der Waals surface area contributed by atoms with Crippen LogP contribution in [0.1, 0.15) is 4.11 Å². The maximum absolute atomic E-state index is 8.99. The van der Waals surface area contributed by atoms with E-state index in [2.05, 4.69) is 120 Å². The fourth-order valence-electron chi connectivity index (χ4n) is 8.18. The second-order valence-electron chi connectivity index (χ2n) is 13.0. The number of rotatable bonds is 3. The van der Waals surface area contributed by atoms with Crippen molar-refractivity contribution in [1.82, 2.24) is 9.97 Å². The highest BCUT2D eigenvalue weighted by molar-refractivity contribution is 7.26. The Balaban J connectivity index is 1.37. The topological polar surface area (TPSA) is 29.0 Å². The molecule has 3 heterocycles. The Hall–Kier alpha value is -6.30. The second-order valence-corrected chi connectivity index (χ2v) is 14.1. The summed E-state index contributed by atoms with van der Waals surface area (Å²) in [6, 6.07) is 52.3. The standard InChI is InChI=1S/C46H28BN3S/c1-3-16-30(17-4-1)43-35-23-11-13-25-38(35)48-46(49-43)50-44-42(34-22-10-9-21-33(34)40-36-24-12-14-26-39(36)51-45(40)44)41-32-20-8-7-15-29(32)27-28-37(41)47(50)31-18-5-2-6-19-31/h1-28H/i1D,16D,17D. The Bertz CT molecular complexity index is 3160. The van der Waals surface area contributed by atoms with Crippen LogP contribution in [0.2, 0.25) is 0 Å². The monoisotopic (exact) mass is 668 g/mol. The molecule has 0 saturated carbocycles. The summed E-state index contributed by atoms with van der Waals surface area (Å²) in [4.78, 5) is 13.1. The van der Waals surface area contributed by atoms with E-state index in [1.54, 1.807) is 11.3 Å². The summed E-state index contributed by atoms with van der Waals surface area (Å²) < 4.78 is 28.6.